The summed E-state index contributed by atoms with van der Waals surface area (Å²) in [4.78, 5) is 41.1. The van der Waals surface area contributed by atoms with Gasteiger partial charge < -0.3 is 20.1 Å². The molecule has 0 saturated carbocycles. The van der Waals surface area contributed by atoms with Crippen molar-refractivity contribution in [3.63, 3.8) is 0 Å². The van der Waals surface area contributed by atoms with Crippen molar-refractivity contribution in [2.45, 2.75) is 32.2 Å². The molecule has 2 aromatic rings. The number of hydrogen-bond donors (Lipinski definition) is 2. The van der Waals surface area contributed by atoms with Crippen LogP contribution in [0.2, 0.25) is 0 Å². The number of rotatable bonds is 8. The number of aliphatic carboxylic acids is 1. The Morgan fingerprint density at radius 3 is 2.09 bits per heavy atom. The Kier molecular flexibility index (Phi) is 7.70. The Hall–Kier alpha value is -3.39. The van der Waals surface area contributed by atoms with Crippen molar-refractivity contribution in [2.24, 2.45) is 5.92 Å². The van der Waals surface area contributed by atoms with Crippen LogP contribution >= 0.6 is 0 Å². The van der Waals surface area contributed by atoms with Crippen LogP contribution in [-0.2, 0) is 14.3 Å². The van der Waals surface area contributed by atoms with Crippen LogP contribution in [-0.4, -0.2) is 78.2 Å². The summed E-state index contributed by atoms with van der Waals surface area (Å²) in [6, 6.07) is 14.9. The molecule has 4 rings (SSSR count). The van der Waals surface area contributed by atoms with E-state index in [1.807, 2.05) is 36.4 Å². The summed E-state index contributed by atoms with van der Waals surface area (Å²) >= 11 is 0. The highest BCUT2D eigenvalue weighted by molar-refractivity contribution is 5.89. The number of amides is 2. The number of carboxylic acid groups (broad SMARTS) is 1. The molecule has 1 aliphatic heterocycles. The fraction of sp³-hybridized carbons (Fsp3) is 0.444. The summed E-state index contributed by atoms with van der Waals surface area (Å²) in [6.07, 6.45) is -1.28. The predicted octanol–water partition coefficient (Wildman–Crippen LogP) is 3.17. The van der Waals surface area contributed by atoms with Gasteiger partial charge in [-0.05, 0) is 28.2 Å². The molecule has 0 radical (unpaired) electrons. The zero-order valence-electron chi connectivity index (χ0n) is 20.3. The van der Waals surface area contributed by atoms with E-state index >= 15 is 0 Å². The lowest BCUT2D eigenvalue weighted by molar-refractivity contribution is -0.143. The Morgan fingerprint density at radius 1 is 0.971 bits per heavy atom. The summed E-state index contributed by atoms with van der Waals surface area (Å²) in [7, 11) is 0. The van der Waals surface area contributed by atoms with Crippen LogP contribution in [0.4, 0.5) is 4.79 Å². The monoisotopic (exact) mass is 479 g/mol. The highest BCUT2D eigenvalue weighted by atomic mass is 16.5. The van der Waals surface area contributed by atoms with Gasteiger partial charge in [0, 0.05) is 38.6 Å². The molecule has 1 heterocycles. The van der Waals surface area contributed by atoms with E-state index < -0.39 is 24.5 Å². The van der Waals surface area contributed by atoms with Crippen molar-refractivity contribution in [1.29, 1.82) is 0 Å². The number of piperazine rings is 1. The molecule has 2 aliphatic rings. The average Bonchev–Trinajstić information content (AvgIpc) is 3.15. The first-order chi connectivity index (χ1) is 16.8. The molecule has 1 aliphatic carbocycles. The average molecular weight is 480 g/mol. The van der Waals surface area contributed by atoms with Gasteiger partial charge in [0.25, 0.3) is 0 Å². The second-order valence-electron chi connectivity index (χ2n) is 9.64. The van der Waals surface area contributed by atoms with Crippen LogP contribution in [0.15, 0.2) is 48.5 Å². The maximum atomic E-state index is 13.1. The normalized spacial score (nSPS) is 16.5. The minimum Gasteiger partial charge on any atom is -0.481 e. The number of hydrogen-bond acceptors (Lipinski definition) is 5. The third-order valence-electron chi connectivity index (χ3n) is 6.62. The Morgan fingerprint density at radius 2 is 1.54 bits per heavy atom. The number of nitrogens with one attached hydrogen (secondary N) is 1. The van der Waals surface area contributed by atoms with Gasteiger partial charge in [-0.1, -0.05) is 62.4 Å². The topological polar surface area (TPSA) is 99.2 Å². The molecule has 2 N–H and O–H groups in total. The summed E-state index contributed by atoms with van der Waals surface area (Å²) in [5.41, 5.74) is 4.40. The molecular weight excluding hydrogens is 446 g/mol. The van der Waals surface area contributed by atoms with Crippen LogP contribution in [0.5, 0.6) is 0 Å². The van der Waals surface area contributed by atoms with Crippen molar-refractivity contribution in [3.05, 3.63) is 59.7 Å². The van der Waals surface area contributed by atoms with E-state index in [1.165, 1.54) is 0 Å². The molecule has 8 heteroatoms. The van der Waals surface area contributed by atoms with Gasteiger partial charge in [-0.15, -0.1) is 0 Å². The minimum atomic E-state index is -1.17. The Labute approximate surface area is 205 Å². The first-order valence-corrected chi connectivity index (χ1v) is 12.2. The van der Waals surface area contributed by atoms with E-state index in [-0.39, 0.29) is 18.4 Å². The van der Waals surface area contributed by atoms with Crippen molar-refractivity contribution >= 4 is 18.0 Å². The quantitative estimate of drug-likeness (QED) is 0.604. The van der Waals surface area contributed by atoms with E-state index in [4.69, 9.17) is 4.74 Å². The van der Waals surface area contributed by atoms with Crippen LogP contribution in [0.25, 0.3) is 11.1 Å². The molecule has 0 aromatic heterocycles. The number of carboxylic acids is 1. The number of ether oxygens (including phenoxy) is 1. The molecule has 0 spiro atoms. The first kappa shape index (κ1) is 24.7. The van der Waals surface area contributed by atoms with Crippen LogP contribution in [0.1, 0.15) is 37.3 Å². The molecular formula is C27H33N3O5. The van der Waals surface area contributed by atoms with E-state index in [2.05, 4.69) is 36.2 Å². The fourth-order valence-electron chi connectivity index (χ4n) is 5.04. The van der Waals surface area contributed by atoms with Crippen molar-refractivity contribution < 1.29 is 24.2 Å². The molecule has 1 fully saturated rings. The van der Waals surface area contributed by atoms with Gasteiger partial charge in [-0.3, -0.25) is 14.5 Å². The zero-order valence-corrected chi connectivity index (χ0v) is 20.3. The lowest BCUT2D eigenvalue weighted by atomic mass is 9.98. The van der Waals surface area contributed by atoms with Crippen molar-refractivity contribution in [2.75, 3.05) is 39.3 Å². The summed E-state index contributed by atoms with van der Waals surface area (Å²) < 4.78 is 5.53. The van der Waals surface area contributed by atoms with Crippen molar-refractivity contribution in [3.8, 4) is 11.1 Å². The second-order valence-corrected chi connectivity index (χ2v) is 9.64. The molecule has 35 heavy (non-hydrogen) atoms. The van der Waals surface area contributed by atoms with Gasteiger partial charge in [0.15, 0.2) is 0 Å². The van der Waals surface area contributed by atoms with Gasteiger partial charge in [0.2, 0.25) is 5.91 Å². The Balaban J connectivity index is 1.37. The van der Waals surface area contributed by atoms with Crippen LogP contribution < -0.4 is 5.32 Å². The summed E-state index contributed by atoms with van der Waals surface area (Å²) in [5.74, 6) is -1.12. The SMILES string of the molecule is CC(C)CN1CCN(C(=O)C(CC(=O)O)NC(=O)OCC2c3ccccc3-c3ccccc32)CC1. The van der Waals surface area contributed by atoms with Gasteiger partial charge in [-0.25, -0.2) is 4.79 Å². The second kappa shape index (κ2) is 10.9. The number of nitrogens with zero attached hydrogens (tertiary/aromatic N) is 2. The summed E-state index contributed by atoms with van der Waals surface area (Å²) in [5, 5.41) is 11.8. The largest absolute Gasteiger partial charge is 0.481 e. The lowest BCUT2D eigenvalue weighted by Crippen LogP contribution is -2.55. The van der Waals surface area contributed by atoms with E-state index in [1.54, 1.807) is 4.90 Å². The van der Waals surface area contributed by atoms with E-state index in [0.29, 0.717) is 19.0 Å². The maximum Gasteiger partial charge on any atom is 0.407 e. The highest BCUT2D eigenvalue weighted by Crippen LogP contribution is 2.44. The third-order valence-corrected chi connectivity index (χ3v) is 6.62. The Bertz CT molecular complexity index is 1030. The van der Waals surface area contributed by atoms with Gasteiger partial charge in [-0.2, -0.15) is 0 Å². The molecule has 2 aromatic carbocycles. The zero-order chi connectivity index (χ0) is 24.9. The number of fused-ring (bicyclic) bond motifs is 3. The molecule has 1 saturated heterocycles. The minimum absolute atomic E-state index is 0.0989. The molecule has 8 nitrogen and oxygen atoms in total. The van der Waals surface area contributed by atoms with Crippen LogP contribution in [0, 0.1) is 5.92 Å². The van der Waals surface area contributed by atoms with Gasteiger partial charge >= 0.3 is 12.1 Å². The van der Waals surface area contributed by atoms with Gasteiger partial charge in [0.05, 0.1) is 6.42 Å². The molecule has 2 amide bonds. The number of carbonyl (C=O) groups is 3. The predicted molar refractivity (Wildman–Crippen MR) is 132 cm³/mol. The number of benzene rings is 2. The van der Waals surface area contributed by atoms with E-state index in [0.717, 1.165) is 41.9 Å². The third kappa shape index (κ3) is 5.82. The molecule has 0 bridgehead atoms. The number of alkyl carbamates (subject to hydrolysis) is 1. The first-order valence-electron chi connectivity index (χ1n) is 12.2. The smallest absolute Gasteiger partial charge is 0.407 e. The molecule has 1 atom stereocenters. The van der Waals surface area contributed by atoms with Crippen molar-refractivity contribution in [1.82, 2.24) is 15.1 Å². The summed E-state index contributed by atoms with van der Waals surface area (Å²) in [6.45, 7) is 7.84. The maximum absolute atomic E-state index is 13.1. The lowest BCUT2D eigenvalue weighted by Gasteiger charge is -2.37. The van der Waals surface area contributed by atoms with Crippen LogP contribution in [0.3, 0.4) is 0 Å². The van der Waals surface area contributed by atoms with Gasteiger partial charge in [0.1, 0.15) is 12.6 Å². The van der Waals surface area contributed by atoms with E-state index in [9.17, 15) is 19.5 Å². The molecule has 1 unspecified atom stereocenters. The highest BCUT2D eigenvalue weighted by Gasteiger charge is 2.32. The fourth-order valence-corrected chi connectivity index (χ4v) is 5.04. The standard InChI is InChI=1S/C27H33N3O5/c1-18(2)16-29-11-13-30(14-12-29)26(33)24(15-25(31)32)28-27(34)35-17-23-21-9-5-3-7-19(21)20-8-4-6-10-22(20)23/h3-10,18,23-24H,11-17H2,1-2H3,(H,28,34)(H,31,32). The number of carbonyl (C=O) groups excluding carboxylic acids is 2. The molecule has 186 valence electrons.